The number of carbonyl (C=O) groups excluding carboxylic acids is 1. The number of benzene rings is 1. The second-order valence-electron chi connectivity index (χ2n) is 4.12. The predicted octanol–water partition coefficient (Wildman–Crippen LogP) is 1.37. The van der Waals surface area contributed by atoms with E-state index in [9.17, 15) is 13.2 Å². The van der Waals surface area contributed by atoms with Crippen molar-refractivity contribution in [3.05, 3.63) is 41.6 Å². The fraction of sp³-hybridized carbons (Fsp3) is 0.167. The molecule has 6 nitrogen and oxygen atoms in total. The zero-order valence-corrected chi connectivity index (χ0v) is 11.3. The first-order chi connectivity index (χ1) is 8.89. The van der Waals surface area contributed by atoms with Crippen LogP contribution in [0, 0.1) is 6.92 Å². The van der Waals surface area contributed by atoms with Gasteiger partial charge in [0.2, 0.25) is 0 Å². The lowest BCUT2D eigenvalue weighted by Gasteiger charge is -2.05. The molecule has 0 unspecified atom stereocenters. The summed E-state index contributed by atoms with van der Waals surface area (Å²) in [6.07, 6.45) is 1.02. The van der Waals surface area contributed by atoms with Crippen molar-refractivity contribution in [1.29, 1.82) is 0 Å². The number of hydrogen-bond acceptors (Lipinski definition) is 4. The summed E-state index contributed by atoms with van der Waals surface area (Å²) in [7, 11) is -3.55. The van der Waals surface area contributed by atoms with Crippen molar-refractivity contribution in [2.45, 2.75) is 11.9 Å². The van der Waals surface area contributed by atoms with Gasteiger partial charge in [0.25, 0.3) is 5.91 Å². The van der Waals surface area contributed by atoms with E-state index in [1.54, 1.807) is 31.2 Å². The Morgan fingerprint density at radius 1 is 1.26 bits per heavy atom. The summed E-state index contributed by atoms with van der Waals surface area (Å²) in [6.45, 7) is 1.60. The van der Waals surface area contributed by atoms with Gasteiger partial charge in [-0.15, -0.1) is 0 Å². The lowest BCUT2D eigenvalue weighted by atomic mass is 10.2. The average Bonchev–Trinajstić information content (AvgIpc) is 2.72. The predicted molar refractivity (Wildman–Crippen MR) is 70.8 cm³/mol. The van der Waals surface area contributed by atoms with Crippen molar-refractivity contribution in [1.82, 2.24) is 10.2 Å². The molecule has 0 fully saturated rings. The molecule has 2 N–H and O–H groups in total. The van der Waals surface area contributed by atoms with Crippen LogP contribution in [0.5, 0.6) is 0 Å². The van der Waals surface area contributed by atoms with E-state index in [0.29, 0.717) is 11.4 Å². The molecule has 7 heteroatoms. The number of aromatic amines is 1. The van der Waals surface area contributed by atoms with Crippen molar-refractivity contribution in [2.75, 3.05) is 11.6 Å². The first kappa shape index (κ1) is 13.3. The highest BCUT2D eigenvalue weighted by Crippen LogP contribution is 2.18. The van der Waals surface area contributed by atoms with Gasteiger partial charge in [-0.05, 0) is 19.1 Å². The third-order valence-corrected chi connectivity index (χ3v) is 3.52. The van der Waals surface area contributed by atoms with Crippen molar-refractivity contribution < 1.29 is 13.2 Å². The number of anilines is 1. The minimum atomic E-state index is -3.55. The second kappa shape index (κ2) is 4.85. The Bertz CT molecular complexity index is 705. The number of sulfone groups is 1. The Morgan fingerprint density at radius 2 is 1.89 bits per heavy atom. The Labute approximate surface area is 110 Å². The Hall–Kier alpha value is -2.15. The van der Waals surface area contributed by atoms with Crippen LogP contribution < -0.4 is 5.32 Å². The molecule has 0 bridgehead atoms. The highest BCUT2D eigenvalue weighted by atomic mass is 32.2. The average molecular weight is 279 g/mol. The van der Waals surface area contributed by atoms with E-state index in [1.165, 1.54) is 0 Å². The number of para-hydroxylation sites is 1. The maximum atomic E-state index is 12.1. The molecule has 0 saturated heterocycles. The van der Waals surface area contributed by atoms with Gasteiger partial charge in [-0.2, -0.15) is 5.10 Å². The van der Waals surface area contributed by atoms with E-state index in [0.717, 1.165) is 6.26 Å². The van der Waals surface area contributed by atoms with Gasteiger partial charge in [0.15, 0.2) is 14.9 Å². The highest BCUT2D eigenvalue weighted by molar-refractivity contribution is 7.90. The fourth-order valence-electron chi connectivity index (χ4n) is 1.66. The molecule has 19 heavy (non-hydrogen) atoms. The maximum absolute atomic E-state index is 12.1. The zero-order chi connectivity index (χ0) is 14.0. The summed E-state index contributed by atoms with van der Waals surface area (Å²) < 4.78 is 23.1. The van der Waals surface area contributed by atoms with Crippen LogP contribution in [0.4, 0.5) is 5.69 Å². The van der Waals surface area contributed by atoms with Crippen LogP contribution >= 0.6 is 0 Å². The summed E-state index contributed by atoms with van der Waals surface area (Å²) in [5, 5.41) is 8.59. The van der Waals surface area contributed by atoms with Crippen molar-refractivity contribution in [2.24, 2.45) is 0 Å². The minimum Gasteiger partial charge on any atom is -0.322 e. The molecule has 2 rings (SSSR count). The molecule has 2 aromatic rings. The number of carbonyl (C=O) groups is 1. The molecule has 1 heterocycles. The lowest BCUT2D eigenvalue weighted by Crippen LogP contribution is -2.16. The van der Waals surface area contributed by atoms with Gasteiger partial charge in [0, 0.05) is 17.6 Å². The summed E-state index contributed by atoms with van der Waals surface area (Å²) in [4.78, 5) is 12.1. The van der Waals surface area contributed by atoms with Crippen LogP contribution in [0.2, 0.25) is 0 Å². The molecular formula is C12H13N3O3S. The summed E-state index contributed by atoms with van der Waals surface area (Å²) in [5.41, 5.74) is 1.05. The Kier molecular flexibility index (Phi) is 3.39. The van der Waals surface area contributed by atoms with E-state index < -0.39 is 15.7 Å². The van der Waals surface area contributed by atoms with Gasteiger partial charge in [-0.3, -0.25) is 9.89 Å². The first-order valence-electron chi connectivity index (χ1n) is 5.51. The molecule has 0 spiro atoms. The summed E-state index contributed by atoms with van der Waals surface area (Å²) in [5.74, 6) is -0.502. The second-order valence-corrected chi connectivity index (χ2v) is 6.05. The van der Waals surface area contributed by atoms with Gasteiger partial charge in [-0.25, -0.2) is 8.42 Å². The molecule has 0 saturated carbocycles. The van der Waals surface area contributed by atoms with Crippen molar-refractivity contribution in [3.8, 4) is 0 Å². The maximum Gasteiger partial charge on any atom is 0.260 e. The molecule has 1 aromatic heterocycles. The summed E-state index contributed by atoms with van der Waals surface area (Å²) in [6, 6.07) is 8.80. The molecule has 0 aliphatic heterocycles. The van der Waals surface area contributed by atoms with E-state index in [1.807, 2.05) is 6.07 Å². The lowest BCUT2D eigenvalue weighted by molar-refractivity contribution is 0.102. The number of hydrogen-bond donors (Lipinski definition) is 2. The van der Waals surface area contributed by atoms with Gasteiger partial charge >= 0.3 is 0 Å². The van der Waals surface area contributed by atoms with E-state index >= 15 is 0 Å². The van der Waals surface area contributed by atoms with Crippen LogP contribution in [0.3, 0.4) is 0 Å². The van der Waals surface area contributed by atoms with Gasteiger partial charge in [0.1, 0.15) is 0 Å². The van der Waals surface area contributed by atoms with Crippen LogP contribution in [0.15, 0.2) is 35.4 Å². The number of aryl methyl sites for hydroxylation is 1. The monoisotopic (exact) mass is 279 g/mol. The van der Waals surface area contributed by atoms with Crippen molar-refractivity contribution >= 4 is 21.4 Å². The van der Waals surface area contributed by atoms with E-state index in [2.05, 4.69) is 15.5 Å². The smallest absolute Gasteiger partial charge is 0.260 e. The van der Waals surface area contributed by atoms with Gasteiger partial charge in [-0.1, -0.05) is 18.2 Å². The van der Waals surface area contributed by atoms with Crippen LogP contribution in [0.1, 0.15) is 16.1 Å². The van der Waals surface area contributed by atoms with Crippen LogP contribution in [-0.4, -0.2) is 30.8 Å². The number of nitrogens with one attached hydrogen (secondary N) is 2. The van der Waals surface area contributed by atoms with Crippen LogP contribution in [0.25, 0.3) is 0 Å². The topological polar surface area (TPSA) is 91.9 Å². The molecular weight excluding hydrogens is 266 g/mol. The third-order valence-electron chi connectivity index (χ3n) is 2.52. The largest absolute Gasteiger partial charge is 0.322 e. The fourth-order valence-corrected chi connectivity index (χ4v) is 2.49. The first-order valence-corrected chi connectivity index (χ1v) is 7.40. The quantitative estimate of drug-likeness (QED) is 0.887. The van der Waals surface area contributed by atoms with Crippen LogP contribution in [-0.2, 0) is 9.84 Å². The SMILES string of the molecule is Cc1[nH]nc(S(C)(=O)=O)c1C(=O)Nc1ccccc1. The Balaban J connectivity index is 2.38. The number of amides is 1. The summed E-state index contributed by atoms with van der Waals surface area (Å²) >= 11 is 0. The normalized spacial score (nSPS) is 11.3. The molecule has 0 aliphatic rings. The number of aromatic nitrogens is 2. The molecule has 0 radical (unpaired) electrons. The molecule has 1 amide bonds. The minimum absolute atomic E-state index is 0.0475. The van der Waals surface area contributed by atoms with Gasteiger partial charge < -0.3 is 5.32 Å². The van der Waals surface area contributed by atoms with Gasteiger partial charge in [0.05, 0.1) is 5.56 Å². The Morgan fingerprint density at radius 3 is 2.47 bits per heavy atom. The van der Waals surface area contributed by atoms with Crippen molar-refractivity contribution in [3.63, 3.8) is 0 Å². The van der Waals surface area contributed by atoms with E-state index in [-0.39, 0.29) is 10.6 Å². The molecule has 1 aromatic carbocycles. The number of nitrogens with zero attached hydrogens (tertiary/aromatic N) is 1. The molecule has 0 aliphatic carbocycles. The molecule has 100 valence electrons. The standard InChI is InChI=1S/C12H13N3O3S/c1-8-10(12(15-14-8)19(2,17)18)11(16)13-9-6-4-3-5-7-9/h3-7H,1-2H3,(H,13,16)(H,14,15). The van der Waals surface area contributed by atoms with E-state index in [4.69, 9.17) is 0 Å². The third kappa shape index (κ3) is 2.82. The zero-order valence-electron chi connectivity index (χ0n) is 10.5. The highest BCUT2D eigenvalue weighted by Gasteiger charge is 2.24. The number of rotatable bonds is 3. The number of H-pyrrole nitrogens is 1. The molecule has 0 atom stereocenters.